The van der Waals surface area contributed by atoms with Gasteiger partial charge in [0.1, 0.15) is 9.84 Å². The van der Waals surface area contributed by atoms with Crippen molar-refractivity contribution < 1.29 is 13.2 Å². The van der Waals surface area contributed by atoms with Gasteiger partial charge in [0.05, 0.1) is 21.8 Å². The van der Waals surface area contributed by atoms with Gasteiger partial charge in [0.15, 0.2) is 5.13 Å². The maximum atomic E-state index is 11.6. The largest absolute Gasteiger partial charge is 0.320 e. The zero-order valence-corrected chi connectivity index (χ0v) is 12.2. The van der Waals surface area contributed by atoms with Gasteiger partial charge in [-0.2, -0.15) is 0 Å². The maximum Gasteiger partial charge on any atom is 0.243 e. The predicted octanol–water partition coefficient (Wildman–Crippen LogP) is 0.606. The molecule has 0 aliphatic carbocycles. The molecule has 0 saturated carbocycles. The molecule has 0 saturated heterocycles. The highest BCUT2D eigenvalue weighted by Gasteiger charge is 2.17. The molecule has 0 aromatic carbocycles. The molecule has 17 heavy (non-hydrogen) atoms. The quantitative estimate of drug-likeness (QED) is 0.816. The van der Waals surface area contributed by atoms with Crippen LogP contribution in [0, 0.1) is 0 Å². The van der Waals surface area contributed by atoms with E-state index in [1.165, 1.54) is 11.3 Å². The van der Waals surface area contributed by atoms with Gasteiger partial charge in [0.25, 0.3) is 0 Å². The Hall–Kier alpha value is -0.510. The van der Waals surface area contributed by atoms with Crippen LogP contribution in [-0.2, 0) is 14.6 Å². The monoisotopic (exact) mass is 341 g/mol. The summed E-state index contributed by atoms with van der Waals surface area (Å²) in [5, 5.41) is 2.94. The molecule has 6 nitrogen and oxygen atoms in total. The number of nitrogens with zero attached hydrogens (tertiary/aromatic N) is 1. The standard InChI is InChI=1S/C8H12BrN3O3S2/c1-17(14,15)3-2-5(10)7(13)12-8-11-4-6(9)16-8/h4-5H,2-3,10H2,1H3,(H,11,12,13). The average molecular weight is 342 g/mol. The molecule has 1 unspecified atom stereocenters. The molecule has 1 heterocycles. The van der Waals surface area contributed by atoms with E-state index in [0.717, 1.165) is 10.0 Å². The molecule has 0 fully saturated rings. The van der Waals surface area contributed by atoms with E-state index in [2.05, 4.69) is 26.2 Å². The fraction of sp³-hybridized carbons (Fsp3) is 0.500. The summed E-state index contributed by atoms with van der Waals surface area (Å²) in [4.78, 5) is 15.5. The van der Waals surface area contributed by atoms with E-state index in [9.17, 15) is 13.2 Å². The van der Waals surface area contributed by atoms with Crippen LogP contribution in [0.15, 0.2) is 9.98 Å². The molecule has 1 aromatic rings. The first kappa shape index (κ1) is 14.6. The van der Waals surface area contributed by atoms with E-state index in [0.29, 0.717) is 5.13 Å². The highest BCUT2D eigenvalue weighted by Crippen LogP contribution is 2.23. The summed E-state index contributed by atoms with van der Waals surface area (Å²) in [7, 11) is -3.10. The summed E-state index contributed by atoms with van der Waals surface area (Å²) in [6.45, 7) is 0. The van der Waals surface area contributed by atoms with Gasteiger partial charge in [-0.15, -0.1) is 0 Å². The molecule has 1 aromatic heterocycles. The molecule has 0 bridgehead atoms. The van der Waals surface area contributed by atoms with Crippen LogP contribution in [0.4, 0.5) is 5.13 Å². The lowest BCUT2D eigenvalue weighted by Gasteiger charge is -2.09. The lowest BCUT2D eigenvalue weighted by molar-refractivity contribution is -0.117. The number of nitrogens with two attached hydrogens (primary N) is 1. The van der Waals surface area contributed by atoms with Crippen molar-refractivity contribution in [2.75, 3.05) is 17.3 Å². The van der Waals surface area contributed by atoms with Crippen molar-refractivity contribution in [2.45, 2.75) is 12.5 Å². The van der Waals surface area contributed by atoms with Gasteiger partial charge < -0.3 is 11.1 Å². The van der Waals surface area contributed by atoms with Crippen LogP contribution >= 0.6 is 27.3 Å². The number of hydrogen-bond acceptors (Lipinski definition) is 6. The van der Waals surface area contributed by atoms with E-state index in [4.69, 9.17) is 5.73 Å². The Morgan fingerprint density at radius 1 is 1.71 bits per heavy atom. The number of hydrogen-bond donors (Lipinski definition) is 2. The smallest absolute Gasteiger partial charge is 0.243 e. The van der Waals surface area contributed by atoms with Crippen LogP contribution in [0.1, 0.15) is 6.42 Å². The lowest BCUT2D eigenvalue weighted by Crippen LogP contribution is -2.37. The lowest BCUT2D eigenvalue weighted by atomic mass is 10.2. The molecule has 1 amide bonds. The molecule has 3 N–H and O–H groups in total. The van der Waals surface area contributed by atoms with E-state index in [1.54, 1.807) is 6.20 Å². The number of amides is 1. The van der Waals surface area contributed by atoms with E-state index in [1.807, 2.05) is 0 Å². The second kappa shape index (κ2) is 5.89. The number of sulfone groups is 1. The number of thiazole rings is 1. The summed E-state index contributed by atoms with van der Waals surface area (Å²) >= 11 is 4.47. The van der Waals surface area contributed by atoms with Crippen molar-refractivity contribution in [1.82, 2.24) is 4.98 Å². The Kier molecular flexibility index (Phi) is 5.04. The summed E-state index contributed by atoms with van der Waals surface area (Å²) in [5.41, 5.74) is 5.57. The number of halogens is 1. The third-order valence-corrected chi connectivity index (χ3v) is 4.21. The highest BCUT2D eigenvalue weighted by molar-refractivity contribution is 9.11. The van der Waals surface area contributed by atoms with Crippen LogP contribution in [0.5, 0.6) is 0 Å². The van der Waals surface area contributed by atoms with Gasteiger partial charge in [0.2, 0.25) is 5.91 Å². The summed E-state index contributed by atoms with van der Waals surface area (Å²) < 4.78 is 22.6. The van der Waals surface area contributed by atoms with Crippen molar-refractivity contribution in [3.8, 4) is 0 Å². The van der Waals surface area contributed by atoms with E-state index < -0.39 is 21.8 Å². The number of anilines is 1. The molecular formula is C8H12BrN3O3S2. The molecule has 0 aliphatic rings. The fourth-order valence-corrected chi connectivity index (χ4v) is 2.77. The zero-order chi connectivity index (χ0) is 13.1. The molecule has 1 rings (SSSR count). The van der Waals surface area contributed by atoms with Crippen molar-refractivity contribution >= 4 is 48.1 Å². The topological polar surface area (TPSA) is 102 Å². The van der Waals surface area contributed by atoms with Gasteiger partial charge in [0, 0.05) is 6.26 Å². The number of nitrogens with one attached hydrogen (secondary N) is 1. The minimum absolute atomic E-state index is 0.0945. The molecule has 1 atom stereocenters. The molecule has 96 valence electrons. The third-order valence-electron chi connectivity index (χ3n) is 1.84. The number of aromatic nitrogens is 1. The molecule has 0 aliphatic heterocycles. The summed E-state index contributed by atoms with van der Waals surface area (Å²) in [5.74, 6) is -0.543. The first-order valence-corrected chi connectivity index (χ1v) is 8.30. The van der Waals surface area contributed by atoms with Crippen LogP contribution in [0.25, 0.3) is 0 Å². The SMILES string of the molecule is CS(=O)(=O)CCC(N)C(=O)Nc1ncc(Br)s1. The Balaban J connectivity index is 2.47. The van der Waals surface area contributed by atoms with Crippen molar-refractivity contribution in [3.63, 3.8) is 0 Å². The second-order valence-electron chi connectivity index (χ2n) is 3.48. The summed E-state index contributed by atoms with van der Waals surface area (Å²) in [6, 6.07) is -0.854. The third kappa shape index (κ3) is 5.57. The van der Waals surface area contributed by atoms with Crippen LogP contribution in [0.3, 0.4) is 0 Å². The number of carbonyl (C=O) groups excluding carboxylic acids is 1. The molecule has 0 radical (unpaired) electrons. The van der Waals surface area contributed by atoms with E-state index in [-0.39, 0.29) is 12.2 Å². The van der Waals surface area contributed by atoms with Crippen molar-refractivity contribution in [3.05, 3.63) is 9.98 Å². The van der Waals surface area contributed by atoms with Gasteiger partial charge in [-0.1, -0.05) is 11.3 Å². The zero-order valence-electron chi connectivity index (χ0n) is 9.01. The van der Waals surface area contributed by atoms with Crippen LogP contribution < -0.4 is 11.1 Å². The van der Waals surface area contributed by atoms with Crippen molar-refractivity contribution in [2.24, 2.45) is 5.73 Å². The van der Waals surface area contributed by atoms with Gasteiger partial charge in [-0.3, -0.25) is 4.79 Å². The first-order valence-electron chi connectivity index (χ1n) is 4.63. The first-order chi connectivity index (χ1) is 7.78. The fourth-order valence-electron chi connectivity index (χ4n) is 0.982. The minimum Gasteiger partial charge on any atom is -0.320 e. The van der Waals surface area contributed by atoms with Gasteiger partial charge >= 0.3 is 0 Å². The minimum atomic E-state index is -3.10. The number of rotatable bonds is 5. The Morgan fingerprint density at radius 3 is 2.82 bits per heavy atom. The molecular weight excluding hydrogens is 330 g/mol. The van der Waals surface area contributed by atoms with Gasteiger partial charge in [-0.05, 0) is 22.4 Å². The molecule has 0 spiro atoms. The Labute approximate surface area is 112 Å². The Bertz CT molecular complexity index is 500. The highest BCUT2D eigenvalue weighted by atomic mass is 79.9. The maximum absolute atomic E-state index is 11.6. The number of carbonyl (C=O) groups is 1. The van der Waals surface area contributed by atoms with E-state index >= 15 is 0 Å². The van der Waals surface area contributed by atoms with Gasteiger partial charge in [-0.25, -0.2) is 13.4 Å². The van der Waals surface area contributed by atoms with Crippen LogP contribution in [-0.4, -0.2) is 37.4 Å². The molecule has 9 heteroatoms. The average Bonchev–Trinajstić information content (AvgIpc) is 2.59. The normalized spacial score (nSPS) is 13.4. The predicted molar refractivity (Wildman–Crippen MR) is 70.7 cm³/mol. The Morgan fingerprint density at radius 2 is 2.35 bits per heavy atom. The summed E-state index contributed by atoms with van der Waals surface area (Å²) in [6.07, 6.45) is 2.76. The van der Waals surface area contributed by atoms with Crippen LogP contribution in [0.2, 0.25) is 0 Å². The second-order valence-corrected chi connectivity index (χ2v) is 8.15. The van der Waals surface area contributed by atoms with Crippen molar-refractivity contribution in [1.29, 1.82) is 0 Å².